The van der Waals surface area contributed by atoms with Gasteiger partial charge in [0.2, 0.25) is 0 Å². The lowest BCUT2D eigenvalue weighted by Gasteiger charge is -2.13. The monoisotopic (exact) mass is 467 g/mol. The molecule has 0 saturated carbocycles. The number of benzene rings is 2. The molecule has 3 rings (SSSR count). The van der Waals surface area contributed by atoms with Gasteiger partial charge in [0.15, 0.2) is 10.9 Å². The number of carbonyl (C=O) groups is 2. The third kappa shape index (κ3) is 6.30. The fourth-order valence-corrected chi connectivity index (χ4v) is 4.10. The molecule has 0 unspecified atom stereocenters. The van der Waals surface area contributed by atoms with Crippen LogP contribution in [0.1, 0.15) is 40.1 Å². The minimum atomic E-state index is -0.225. The fourth-order valence-electron chi connectivity index (χ4n) is 3.18. The predicted molar refractivity (Wildman–Crippen MR) is 131 cm³/mol. The van der Waals surface area contributed by atoms with Gasteiger partial charge in [0.25, 0.3) is 11.5 Å². The van der Waals surface area contributed by atoms with Crippen molar-refractivity contribution in [3.8, 4) is 0 Å². The predicted octanol–water partition coefficient (Wildman–Crippen LogP) is 3.71. The van der Waals surface area contributed by atoms with Crippen LogP contribution in [-0.4, -0.2) is 47.3 Å². The summed E-state index contributed by atoms with van der Waals surface area (Å²) in [6.07, 6.45) is 0. The topological polar surface area (TPSA) is 90.3 Å². The number of hydrogen-bond donors (Lipinski definition) is 1. The number of Topliss-reactive ketones (excluding diaryl/α,β-unsaturated/α-hetero) is 1. The number of nitrogens with one attached hydrogen (secondary N) is 1. The molecule has 0 aliphatic carbocycles. The summed E-state index contributed by atoms with van der Waals surface area (Å²) >= 11 is 1.21. The maximum Gasteiger partial charge on any atom is 0.262 e. The van der Waals surface area contributed by atoms with Crippen LogP contribution < -0.4 is 10.9 Å². The van der Waals surface area contributed by atoms with Gasteiger partial charge in [0.05, 0.1) is 29.8 Å². The summed E-state index contributed by atoms with van der Waals surface area (Å²) in [6, 6.07) is 12.3. The largest absolute Gasteiger partial charge is 0.383 e. The van der Waals surface area contributed by atoms with Crippen molar-refractivity contribution in [2.24, 2.45) is 5.92 Å². The number of ketones is 1. The number of aryl methyl sites for hydroxylation is 1. The molecule has 0 spiro atoms. The molecular formula is C25H29N3O4S. The van der Waals surface area contributed by atoms with Crippen molar-refractivity contribution in [3.63, 3.8) is 0 Å². The van der Waals surface area contributed by atoms with Gasteiger partial charge < -0.3 is 10.1 Å². The number of fused-ring (bicyclic) bond motifs is 1. The van der Waals surface area contributed by atoms with E-state index in [1.54, 1.807) is 37.4 Å². The highest BCUT2D eigenvalue weighted by Crippen LogP contribution is 2.20. The maximum atomic E-state index is 13.2. The zero-order chi connectivity index (χ0) is 24.0. The molecule has 0 radical (unpaired) electrons. The summed E-state index contributed by atoms with van der Waals surface area (Å²) in [6.45, 7) is 7.22. The van der Waals surface area contributed by atoms with Crippen LogP contribution in [0.15, 0.2) is 52.4 Å². The number of ether oxygens (including phenoxy) is 1. The van der Waals surface area contributed by atoms with E-state index in [9.17, 15) is 14.4 Å². The number of carbonyl (C=O) groups excluding carboxylic acids is 2. The first-order valence-corrected chi connectivity index (χ1v) is 11.8. The van der Waals surface area contributed by atoms with E-state index in [0.29, 0.717) is 52.8 Å². The summed E-state index contributed by atoms with van der Waals surface area (Å²) < 4.78 is 6.68. The number of hydrogen-bond acceptors (Lipinski definition) is 6. The lowest BCUT2D eigenvalue weighted by Crippen LogP contribution is -2.28. The Balaban J connectivity index is 1.92. The number of rotatable bonds is 10. The van der Waals surface area contributed by atoms with E-state index >= 15 is 0 Å². The van der Waals surface area contributed by atoms with E-state index in [1.807, 2.05) is 32.9 Å². The molecule has 33 heavy (non-hydrogen) atoms. The Morgan fingerprint density at radius 1 is 1.12 bits per heavy atom. The van der Waals surface area contributed by atoms with Gasteiger partial charge in [-0.05, 0) is 31.0 Å². The van der Waals surface area contributed by atoms with Gasteiger partial charge in [-0.15, -0.1) is 0 Å². The number of nitrogens with zero attached hydrogens (tertiary/aromatic N) is 2. The van der Waals surface area contributed by atoms with Crippen LogP contribution in [0.5, 0.6) is 0 Å². The molecule has 1 heterocycles. The van der Waals surface area contributed by atoms with Crippen molar-refractivity contribution in [2.45, 2.75) is 32.5 Å². The fraction of sp³-hybridized carbons (Fsp3) is 0.360. The Kier molecular flexibility index (Phi) is 8.41. The second-order valence-electron chi connectivity index (χ2n) is 8.26. The second-order valence-corrected chi connectivity index (χ2v) is 9.20. The molecule has 0 fully saturated rings. The molecular weight excluding hydrogens is 438 g/mol. The average molecular weight is 468 g/mol. The van der Waals surface area contributed by atoms with Crippen LogP contribution in [0.4, 0.5) is 0 Å². The molecule has 0 saturated heterocycles. The number of thioether (sulfide) groups is 1. The van der Waals surface area contributed by atoms with Crippen molar-refractivity contribution >= 4 is 34.4 Å². The molecule has 0 aliphatic rings. The van der Waals surface area contributed by atoms with Crippen LogP contribution in [-0.2, 0) is 11.3 Å². The molecule has 174 valence electrons. The molecule has 0 bridgehead atoms. The Morgan fingerprint density at radius 2 is 1.82 bits per heavy atom. The first-order chi connectivity index (χ1) is 15.8. The maximum absolute atomic E-state index is 13.2. The first-order valence-electron chi connectivity index (χ1n) is 10.8. The van der Waals surface area contributed by atoms with Gasteiger partial charge in [-0.3, -0.25) is 19.0 Å². The van der Waals surface area contributed by atoms with Gasteiger partial charge in [-0.25, -0.2) is 4.98 Å². The molecule has 3 aromatic rings. The lowest BCUT2D eigenvalue weighted by atomic mass is 10.1. The van der Waals surface area contributed by atoms with Crippen LogP contribution >= 0.6 is 11.8 Å². The molecule has 8 heteroatoms. The highest BCUT2D eigenvalue weighted by molar-refractivity contribution is 7.99. The Bertz CT molecular complexity index is 1200. The summed E-state index contributed by atoms with van der Waals surface area (Å²) in [7, 11) is 1.56. The van der Waals surface area contributed by atoms with Crippen molar-refractivity contribution < 1.29 is 14.3 Å². The molecule has 0 atom stereocenters. The van der Waals surface area contributed by atoms with Crippen molar-refractivity contribution in [3.05, 3.63) is 69.5 Å². The Hall–Kier alpha value is -2.97. The van der Waals surface area contributed by atoms with E-state index in [-0.39, 0.29) is 23.0 Å². The molecule has 0 aliphatic heterocycles. The zero-order valence-electron chi connectivity index (χ0n) is 19.4. The summed E-state index contributed by atoms with van der Waals surface area (Å²) in [5, 5.41) is 3.72. The van der Waals surface area contributed by atoms with E-state index in [2.05, 4.69) is 10.3 Å². The van der Waals surface area contributed by atoms with Crippen LogP contribution in [0, 0.1) is 12.8 Å². The van der Waals surface area contributed by atoms with Gasteiger partial charge in [-0.1, -0.05) is 55.4 Å². The van der Waals surface area contributed by atoms with Gasteiger partial charge in [0, 0.05) is 24.8 Å². The summed E-state index contributed by atoms with van der Waals surface area (Å²) in [4.78, 5) is 43.0. The summed E-state index contributed by atoms with van der Waals surface area (Å²) in [5.74, 6) is 0.214. The summed E-state index contributed by atoms with van der Waals surface area (Å²) in [5.41, 5.74) is 2.34. The highest BCUT2D eigenvalue weighted by atomic mass is 32.2. The number of methoxy groups -OCH3 is 1. The van der Waals surface area contributed by atoms with Gasteiger partial charge >= 0.3 is 0 Å². The third-order valence-electron chi connectivity index (χ3n) is 5.08. The SMILES string of the molecule is COCCn1c(SCC(=O)c2ccc(C)cc2)nc2cc(C(=O)NCC(C)C)ccc2c1=O. The van der Waals surface area contributed by atoms with Crippen molar-refractivity contribution in [2.75, 3.05) is 26.0 Å². The van der Waals surface area contributed by atoms with E-state index in [1.165, 1.54) is 16.3 Å². The molecule has 2 aromatic carbocycles. The van der Waals surface area contributed by atoms with E-state index < -0.39 is 0 Å². The first kappa shape index (κ1) is 24.7. The number of aromatic nitrogens is 2. The van der Waals surface area contributed by atoms with Gasteiger partial charge in [0.1, 0.15) is 0 Å². The lowest BCUT2D eigenvalue weighted by molar-refractivity contribution is 0.0948. The molecule has 1 aromatic heterocycles. The number of amides is 1. The second kappa shape index (κ2) is 11.2. The Morgan fingerprint density at radius 3 is 2.48 bits per heavy atom. The minimum absolute atomic E-state index is 0.0468. The average Bonchev–Trinajstić information content (AvgIpc) is 2.80. The Labute approximate surface area is 197 Å². The van der Waals surface area contributed by atoms with E-state index in [4.69, 9.17) is 4.74 Å². The van der Waals surface area contributed by atoms with Crippen molar-refractivity contribution in [1.82, 2.24) is 14.9 Å². The van der Waals surface area contributed by atoms with Crippen molar-refractivity contribution in [1.29, 1.82) is 0 Å². The quantitative estimate of drug-likeness (QED) is 0.278. The van der Waals surface area contributed by atoms with Crippen LogP contribution in [0.25, 0.3) is 10.9 Å². The smallest absolute Gasteiger partial charge is 0.262 e. The third-order valence-corrected chi connectivity index (χ3v) is 6.05. The molecule has 1 amide bonds. The molecule has 1 N–H and O–H groups in total. The minimum Gasteiger partial charge on any atom is -0.383 e. The van der Waals surface area contributed by atoms with Crippen LogP contribution in [0.3, 0.4) is 0 Å². The van der Waals surface area contributed by atoms with Gasteiger partial charge in [-0.2, -0.15) is 0 Å². The zero-order valence-corrected chi connectivity index (χ0v) is 20.2. The molecule has 7 nitrogen and oxygen atoms in total. The van der Waals surface area contributed by atoms with Crippen LogP contribution in [0.2, 0.25) is 0 Å². The standard InChI is InChI=1S/C25H29N3O4S/c1-16(2)14-26-23(30)19-9-10-20-21(13-19)27-25(28(24(20)31)11-12-32-4)33-15-22(29)18-7-5-17(3)6-8-18/h5-10,13,16H,11-12,14-15H2,1-4H3,(H,26,30). The normalized spacial score (nSPS) is 11.2. The van der Waals surface area contributed by atoms with E-state index in [0.717, 1.165) is 5.56 Å². The highest BCUT2D eigenvalue weighted by Gasteiger charge is 2.16.